The molecule has 0 radical (unpaired) electrons. The lowest BCUT2D eigenvalue weighted by molar-refractivity contribution is -0.304. The fourth-order valence-electron chi connectivity index (χ4n) is 0.346. The third kappa shape index (κ3) is 5.04. The van der Waals surface area contributed by atoms with E-state index in [4.69, 9.17) is 0 Å². The van der Waals surface area contributed by atoms with E-state index in [0.717, 1.165) is 0 Å². The van der Waals surface area contributed by atoms with Gasteiger partial charge in [-0.25, -0.2) is 0 Å². The minimum atomic E-state index is -1.39. The van der Waals surface area contributed by atoms with Gasteiger partial charge in [-0.15, -0.1) is 0 Å². The van der Waals surface area contributed by atoms with Gasteiger partial charge in [0.25, 0.3) is 0 Å². The number of aliphatic carboxylic acids is 1. The summed E-state index contributed by atoms with van der Waals surface area (Å²) in [6.45, 7) is 0.0200. The van der Waals surface area contributed by atoms with E-state index >= 15 is 0 Å². The average Bonchev–Trinajstić information content (AvgIpc) is 1.82. The Labute approximate surface area is 58.0 Å². The Balaban J connectivity index is 3.35. The van der Waals surface area contributed by atoms with Crippen LogP contribution in [-0.4, -0.2) is 25.7 Å². The van der Waals surface area contributed by atoms with Crippen LogP contribution in [-0.2, 0) is 14.3 Å². The molecule has 0 unspecified atom stereocenters. The summed E-state index contributed by atoms with van der Waals surface area (Å²) in [5.41, 5.74) is 0. The first kappa shape index (κ1) is 8.90. The van der Waals surface area contributed by atoms with Gasteiger partial charge in [0.1, 0.15) is 6.73 Å². The van der Waals surface area contributed by atoms with Crippen LogP contribution in [0.4, 0.5) is 0 Å². The van der Waals surface area contributed by atoms with Gasteiger partial charge >= 0.3 is 0 Å². The Morgan fingerprint density at radius 2 is 2.20 bits per heavy atom. The molecule has 10 heavy (non-hydrogen) atoms. The van der Waals surface area contributed by atoms with Crippen molar-refractivity contribution < 1.29 is 19.4 Å². The molecule has 0 bridgehead atoms. The average molecular weight is 146 g/mol. The van der Waals surface area contributed by atoms with Crippen molar-refractivity contribution in [3.05, 3.63) is 0 Å². The van der Waals surface area contributed by atoms with Crippen LogP contribution < -0.4 is 10.4 Å². The second kappa shape index (κ2) is 4.75. The van der Waals surface area contributed by atoms with Crippen molar-refractivity contribution in [3.63, 3.8) is 0 Å². The summed E-state index contributed by atoms with van der Waals surface area (Å²) in [6.07, 6.45) is -0.622. The van der Waals surface area contributed by atoms with Gasteiger partial charge in [-0.2, -0.15) is 0 Å². The summed E-state index contributed by atoms with van der Waals surface area (Å²) in [6, 6.07) is 0. The van der Waals surface area contributed by atoms with Gasteiger partial charge < -0.3 is 20.0 Å². The molecule has 0 saturated carbocycles. The molecular weight excluding hydrogens is 138 g/mol. The van der Waals surface area contributed by atoms with Crippen molar-refractivity contribution in [2.75, 3.05) is 13.8 Å². The normalized spacial score (nSPS) is 8.90. The van der Waals surface area contributed by atoms with E-state index in [-0.39, 0.29) is 6.73 Å². The SMILES string of the molecule is COCNC(=O)CC(=O)[O-]. The van der Waals surface area contributed by atoms with Gasteiger partial charge in [0.2, 0.25) is 5.91 Å². The molecule has 0 saturated heterocycles. The Morgan fingerprint density at radius 1 is 1.60 bits per heavy atom. The molecule has 5 heteroatoms. The smallest absolute Gasteiger partial charge is 0.227 e. The van der Waals surface area contributed by atoms with Crippen LogP contribution >= 0.6 is 0 Å². The molecule has 0 rings (SSSR count). The fourth-order valence-corrected chi connectivity index (χ4v) is 0.346. The highest BCUT2D eigenvalue weighted by Gasteiger charge is 1.98. The standard InChI is InChI=1S/C5H9NO4/c1-10-3-6-4(7)2-5(8)9/h2-3H2,1H3,(H,6,7)(H,8,9)/p-1. The largest absolute Gasteiger partial charge is 0.550 e. The van der Waals surface area contributed by atoms with Gasteiger partial charge in [-0.05, 0) is 0 Å². The van der Waals surface area contributed by atoms with Crippen molar-refractivity contribution in [2.24, 2.45) is 0 Å². The van der Waals surface area contributed by atoms with Crippen molar-refractivity contribution >= 4 is 11.9 Å². The molecule has 58 valence electrons. The van der Waals surface area contributed by atoms with Crippen LogP contribution in [0, 0.1) is 0 Å². The molecule has 0 aromatic heterocycles. The third-order valence-corrected chi connectivity index (χ3v) is 0.719. The van der Waals surface area contributed by atoms with Crippen molar-refractivity contribution in [2.45, 2.75) is 6.42 Å². The molecule has 0 fully saturated rings. The number of hydrogen-bond donors (Lipinski definition) is 1. The number of carbonyl (C=O) groups is 2. The highest BCUT2D eigenvalue weighted by Crippen LogP contribution is 1.74. The van der Waals surface area contributed by atoms with E-state index in [1.54, 1.807) is 0 Å². The molecule has 5 nitrogen and oxygen atoms in total. The van der Waals surface area contributed by atoms with Crippen LogP contribution in [0.25, 0.3) is 0 Å². The van der Waals surface area contributed by atoms with E-state index in [9.17, 15) is 14.7 Å². The van der Waals surface area contributed by atoms with Gasteiger partial charge in [0, 0.05) is 7.11 Å². The predicted octanol–water partition coefficient (Wildman–Crippen LogP) is -2.15. The fraction of sp³-hybridized carbons (Fsp3) is 0.600. The molecule has 0 aliphatic heterocycles. The Bertz CT molecular complexity index is 134. The number of hydrogen-bond acceptors (Lipinski definition) is 4. The number of carboxylic acid groups (broad SMARTS) is 1. The molecule has 0 aromatic rings. The van der Waals surface area contributed by atoms with Crippen LogP contribution in [0.3, 0.4) is 0 Å². The van der Waals surface area contributed by atoms with Crippen molar-refractivity contribution in [1.29, 1.82) is 0 Å². The second-order valence-electron chi connectivity index (χ2n) is 1.58. The van der Waals surface area contributed by atoms with Gasteiger partial charge in [-0.3, -0.25) is 4.79 Å². The van der Waals surface area contributed by atoms with Crippen molar-refractivity contribution in [1.82, 2.24) is 5.32 Å². The van der Waals surface area contributed by atoms with Gasteiger partial charge in [0.05, 0.1) is 12.4 Å². The lowest BCUT2D eigenvalue weighted by Crippen LogP contribution is -2.33. The highest BCUT2D eigenvalue weighted by atomic mass is 16.5. The summed E-state index contributed by atoms with van der Waals surface area (Å²) in [5, 5.41) is 11.9. The van der Waals surface area contributed by atoms with Crippen LogP contribution in [0.15, 0.2) is 0 Å². The zero-order valence-electron chi connectivity index (χ0n) is 5.55. The lowest BCUT2D eigenvalue weighted by Gasteiger charge is -2.02. The minimum absolute atomic E-state index is 0.0200. The maximum atomic E-state index is 10.4. The first-order valence-corrected chi connectivity index (χ1v) is 2.62. The molecule has 0 spiro atoms. The summed E-state index contributed by atoms with van der Waals surface area (Å²) in [5.74, 6) is -2.00. The number of amides is 1. The zero-order valence-corrected chi connectivity index (χ0v) is 5.55. The summed E-state index contributed by atoms with van der Waals surface area (Å²) >= 11 is 0. The van der Waals surface area contributed by atoms with Gasteiger partial charge in [-0.1, -0.05) is 0 Å². The Morgan fingerprint density at radius 3 is 2.60 bits per heavy atom. The molecule has 0 aliphatic carbocycles. The summed E-state index contributed by atoms with van der Waals surface area (Å²) in [4.78, 5) is 20.2. The van der Waals surface area contributed by atoms with E-state index < -0.39 is 18.3 Å². The van der Waals surface area contributed by atoms with E-state index in [2.05, 4.69) is 10.1 Å². The third-order valence-electron chi connectivity index (χ3n) is 0.719. The maximum absolute atomic E-state index is 10.4. The molecule has 1 amide bonds. The molecule has 0 aliphatic rings. The first-order chi connectivity index (χ1) is 4.66. The monoisotopic (exact) mass is 146 g/mol. The summed E-state index contributed by atoms with van der Waals surface area (Å²) < 4.78 is 4.45. The van der Waals surface area contributed by atoms with Crippen LogP contribution in [0.2, 0.25) is 0 Å². The molecule has 1 N–H and O–H groups in total. The maximum Gasteiger partial charge on any atom is 0.227 e. The number of carboxylic acids is 1. The van der Waals surface area contributed by atoms with Gasteiger partial charge in [0.15, 0.2) is 0 Å². The van der Waals surface area contributed by atoms with E-state index in [1.807, 2.05) is 0 Å². The number of carbonyl (C=O) groups excluding carboxylic acids is 2. The predicted molar refractivity (Wildman–Crippen MR) is 29.6 cm³/mol. The van der Waals surface area contributed by atoms with Crippen LogP contribution in [0.5, 0.6) is 0 Å². The zero-order chi connectivity index (χ0) is 7.98. The molecule has 0 aromatic carbocycles. The molecule has 0 heterocycles. The van der Waals surface area contributed by atoms with E-state index in [1.165, 1.54) is 7.11 Å². The first-order valence-electron chi connectivity index (χ1n) is 2.62. The number of nitrogens with one attached hydrogen (secondary N) is 1. The minimum Gasteiger partial charge on any atom is -0.550 e. The topological polar surface area (TPSA) is 78.5 Å². The highest BCUT2D eigenvalue weighted by molar-refractivity contribution is 5.92. The van der Waals surface area contributed by atoms with Crippen molar-refractivity contribution in [3.8, 4) is 0 Å². The Hall–Kier alpha value is -1.10. The number of methoxy groups -OCH3 is 1. The molecule has 0 atom stereocenters. The Kier molecular flexibility index (Phi) is 4.23. The van der Waals surface area contributed by atoms with Crippen LogP contribution in [0.1, 0.15) is 6.42 Å². The number of ether oxygens (including phenoxy) is 1. The summed E-state index contributed by atoms with van der Waals surface area (Å²) in [7, 11) is 1.39. The quantitative estimate of drug-likeness (QED) is 0.362. The lowest BCUT2D eigenvalue weighted by atomic mass is 10.4. The molecular formula is C5H8NO4-. The van der Waals surface area contributed by atoms with E-state index in [0.29, 0.717) is 0 Å². The second-order valence-corrected chi connectivity index (χ2v) is 1.58. The number of rotatable bonds is 4.